The van der Waals surface area contributed by atoms with Gasteiger partial charge in [-0.1, -0.05) is 50.6 Å². The van der Waals surface area contributed by atoms with Crippen LogP contribution in [-0.4, -0.2) is 34.9 Å². The number of carbonyl (C=O) groups is 4. The first-order valence-electron chi connectivity index (χ1n) is 9.71. The van der Waals surface area contributed by atoms with E-state index in [4.69, 9.17) is 10.5 Å². The zero-order valence-corrected chi connectivity index (χ0v) is 16.9. The van der Waals surface area contributed by atoms with Crippen LogP contribution in [0.1, 0.15) is 51.5 Å². The van der Waals surface area contributed by atoms with Gasteiger partial charge in [-0.3, -0.25) is 14.4 Å². The number of carboxylic acid groups (broad SMARTS) is 1. The zero-order chi connectivity index (χ0) is 21.8. The summed E-state index contributed by atoms with van der Waals surface area (Å²) in [5.41, 5.74) is 5.89. The Kier molecular flexibility index (Phi) is 10.4. The standard InChI is InChI=1S/C21H30N2O6/c1-14(2)19(23-21(28)29-13-15-8-4-3-5-9-15)17(24)12-16(20(26)27)10-6-7-11-18(22)25/h3-5,8-9,14,16,19H,6-7,10-13H2,1-2H3,(H2,22,25)(H,23,28)(H,26,27)/t16-,19+/m1/s1. The molecule has 0 spiro atoms. The lowest BCUT2D eigenvalue weighted by molar-refractivity contribution is -0.144. The van der Waals surface area contributed by atoms with E-state index in [2.05, 4.69) is 5.32 Å². The van der Waals surface area contributed by atoms with Gasteiger partial charge in [0.05, 0.1) is 12.0 Å². The number of carbonyl (C=O) groups excluding carboxylic acids is 3. The van der Waals surface area contributed by atoms with E-state index in [9.17, 15) is 24.3 Å². The van der Waals surface area contributed by atoms with Gasteiger partial charge in [0, 0.05) is 12.8 Å². The molecule has 0 heterocycles. The molecule has 0 saturated heterocycles. The van der Waals surface area contributed by atoms with Gasteiger partial charge in [0.2, 0.25) is 5.91 Å². The number of unbranched alkanes of at least 4 members (excludes halogenated alkanes) is 1. The van der Waals surface area contributed by atoms with Crippen molar-refractivity contribution in [3.8, 4) is 0 Å². The Morgan fingerprint density at radius 1 is 1.10 bits per heavy atom. The Bertz CT molecular complexity index is 690. The van der Waals surface area contributed by atoms with E-state index >= 15 is 0 Å². The summed E-state index contributed by atoms with van der Waals surface area (Å²) < 4.78 is 5.15. The lowest BCUT2D eigenvalue weighted by Crippen LogP contribution is -2.45. The van der Waals surface area contributed by atoms with Gasteiger partial charge in [0.25, 0.3) is 0 Å². The van der Waals surface area contributed by atoms with Crippen LogP contribution < -0.4 is 11.1 Å². The van der Waals surface area contributed by atoms with Gasteiger partial charge >= 0.3 is 12.1 Å². The van der Waals surface area contributed by atoms with E-state index in [1.807, 2.05) is 30.3 Å². The predicted molar refractivity (Wildman–Crippen MR) is 107 cm³/mol. The fourth-order valence-electron chi connectivity index (χ4n) is 2.88. The van der Waals surface area contributed by atoms with Crippen molar-refractivity contribution in [2.45, 2.75) is 58.6 Å². The molecular formula is C21H30N2O6. The molecule has 8 nitrogen and oxygen atoms in total. The number of benzene rings is 1. The van der Waals surface area contributed by atoms with Crippen LogP contribution in [0.15, 0.2) is 30.3 Å². The second kappa shape index (κ2) is 12.5. The van der Waals surface area contributed by atoms with Gasteiger partial charge in [0.15, 0.2) is 5.78 Å². The van der Waals surface area contributed by atoms with Gasteiger partial charge in [-0.25, -0.2) is 4.79 Å². The number of ether oxygens (including phenoxy) is 1. The molecule has 2 amide bonds. The monoisotopic (exact) mass is 406 g/mol. The van der Waals surface area contributed by atoms with Gasteiger partial charge in [-0.2, -0.15) is 0 Å². The number of primary amides is 1. The van der Waals surface area contributed by atoms with Gasteiger partial charge < -0.3 is 20.9 Å². The first kappa shape index (κ1) is 24.1. The van der Waals surface area contributed by atoms with Crippen LogP contribution in [0.25, 0.3) is 0 Å². The summed E-state index contributed by atoms with van der Waals surface area (Å²) in [5.74, 6) is -2.98. The van der Waals surface area contributed by atoms with Gasteiger partial charge in [0.1, 0.15) is 6.61 Å². The van der Waals surface area contributed by atoms with Crippen LogP contribution in [0, 0.1) is 11.8 Å². The Labute approximate surface area is 170 Å². The fourth-order valence-corrected chi connectivity index (χ4v) is 2.88. The average Bonchev–Trinajstić information content (AvgIpc) is 2.66. The maximum atomic E-state index is 12.6. The number of alkyl carbamates (subject to hydrolysis) is 1. The number of hydrogen-bond acceptors (Lipinski definition) is 5. The normalized spacial score (nSPS) is 12.8. The molecule has 0 aromatic heterocycles. The van der Waals surface area contributed by atoms with E-state index in [0.717, 1.165) is 5.56 Å². The minimum absolute atomic E-state index is 0.0727. The molecule has 160 valence electrons. The lowest BCUT2D eigenvalue weighted by Gasteiger charge is -2.22. The summed E-state index contributed by atoms with van der Waals surface area (Å²) in [5, 5.41) is 11.9. The molecule has 1 aromatic rings. The molecule has 0 aliphatic carbocycles. The molecule has 1 rings (SSSR count). The van der Waals surface area contributed by atoms with Gasteiger partial charge in [-0.05, 0) is 24.3 Å². The number of ketones is 1. The van der Waals surface area contributed by atoms with Crippen LogP contribution >= 0.6 is 0 Å². The van der Waals surface area contributed by atoms with Crippen molar-refractivity contribution in [1.82, 2.24) is 5.32 Å². The van der Waals surface area contributed by atoms with Crippen molar-refractivity contribution in [3.05, 3.63) is 35.9 Å². The first-order valence-corrected chi connectivity index (χ1v) is 9.71. The molecule has 0 aliphatic rings. The summed E-state index contributed by atoms with van der Waals surface area (Å²) in [6.07, 6.45) is 0.473. The van der Waals surface area contributed by atoms with Crippen LogP contribution in [0.2, 0.25) is 0 Å². The van der Waals surface area contributed by atoms with Crippen molar-refractivity contribution in [3.63, 3.8) is 0 Å². The summed E-state index contributed by atoms with van der Waals surface area (Å²) >= 11 is 0. The summed E-state index contributed by atoms with van der Waals surface area (Å²) in [4.78, 5) is 47.0. The topological polar surface area (TPSA) is 136 Å². The molecule has 0 bridgehead atoms. The minimum atomic E-state index is -1.08. The van der Waals surface area contributed by atoms with Crippen molar-refractivity contribution in [2.75, 3.05) is 0 Å². The molecule has 0 fully saturated rings. The molecule has 29 heavy (non-hydrogen) atoms. The minimum Gasteiger partial charge on any atom is -0.481 e. The Balaban J connectivity index is 2.58. The predicted octanol–water partition coefficient (Wildman–Crippen LogP) is 2.64. The Hall–Kier alpha value is -2.90. The smallest absolute Gasteiger partial charge is 0.408 e. The molecule has 2 atom stereocenters. The van der Waals surface area contributed by atoms with Crippen molar-refractivity contribution >= 4 is 23.8 Å². The lowest BCUT2D eigenvalue weighted by atomic mass is 9.90. The zero-order valence-electron chi connectivity index (χ0n) is 16.9. The van der Waals surface area contributed by atoms with Crippen molar-refractivity contribution in [2.24, 2.45) is 17.6 Å². The molecule has 0 saturated carbocycles. The highest BCUT2D eigenvalue weighted by Crippen LogP contribution is 2.18. The number of nitrogens with two attached hydrogens (primary N) is 1. The Morgan fingerprint density at radius 2 is 1.76 bits per heavy atom. The summed E-state index contributed by atoms with van der Waals surface area (Å²) in [7, 11) is 0. The maximum absolute atomic E-state index is 12.6. The molecular weight excluding hydrogens is 376 g/mol. The van der Waals surface area contributed by atoms with Gasteiger partial charge in [-0.15, -0.1) is 0 Å². The van der Waals surface area contributed by atoms with Crippen LogP contribution in [0.4, 0.5) is 4.79 Å². The highest BCUT2D eigenvalue weighted by atomic mass is 16.5. The number of carboxylic acids is 1. The third-order valence-corrected chi connectivity index (χ3v) is 4.52. The molecule has 4 N–H and O–H groups in total. The number of aliphatic carboxylic acids is 1. The summed E-state index contributed by atoms with van der Waals surface area (Å²) in [6.45, 7) is 3.61. The van der Waals surface area contributed by atoms with E-state index in [-0.39, 0.29) is 37.6 Å². The number of nitrogens with one attached hydrogen (secondary N) is 1. The molecule has 1 aromatic carbocycles. The van der Waals surface area contributed by atoms with Crippen LogP contribution in [-0.2, 0) is 25.7 Å². The first-order chi connectivity index (χ1) is 13.7. The number of hydrogen-bond donors (Lipinski definition) is 3. The molecule has 0 unspecified atom stereocenters. The summed E-state index contributed by atoms with van der Waals surface area (Å²) in [6, 6.07) is 8.29. The second-order valence-corrected chi connectivity index (χ2v) is 7.35. The van der Waals surface area contributed by atoms with E-state index < -0.39 is 29.9 Å². The molecule has 0 radical (unpaired) electrons. The van der Waals surface area contributed by atoms with E-state index in [0.29, 0.717) is 12.8 Å². The largest absolute Gasteiger partial charge is 0.481 e. The maximum Gasteiger partial charge on any atom is 0.408 e. The van der Waals surface area contributed by atoms with Crippen LogP contribution in [0.5, 0.6) is 0 Å². The molecule has 8 heteroatoms. The molecule has 0 aliphatic heterocycles. The number of Topliss-reactive ketones (excluding diaryl/α,β-unsaturated/α-hetero) is 1. The quantitative estimate of drug-likeness (QED) is 0.431. The van der Waals surface area contributed by atoms with E-state index in [1.165, 1.54) is 0 Å². The third-order valence-electron chi connectivity index (χ3n) is 4.52. The highest BCUT2D eigenvalue weighted by Gasteiger charge is 2.29. The second-order valence-electron chi connectivity index (χ2n) is 7.35. The van der Waals surface area contributed by atoms with E-state index in [1.54, 1.807) is 13.8 Å². The van der Waals surface area contributed by atoms with Crippen molar-refractivity contribution < 1.29 is 29.0 Å². The average molecular weight is 406 g/mol. The Morgan fingerprint density at radius 3 is 2.31 bits per heavy atom. The number of rotatable bonds is 13. The van der Waals surface area contributed by atoms with Crippen LogP contribution in [0.3, 0.4) is 0 Å². The fraction of sp³-hybridized carbons (Fsp3) is 0.524. The SMILES string of the molecule is CC(C)[C@H](NC(=O)OCc1ccccc1)C(=O)C[C@@H](CCCCC(N)=O)C(=O)O. The highest BCUT2D eigenvalue weighted by molar-refractivity contribution is 5.90. The number of amides is 2. The van der Waals surface area contributed by atoms with Crippen molar-refractivity contribution in [1.29, 1.82) is 0 Å². The third kappa shape index (κ3) is 9.73.